The van der Waals surface area contributed by atoms with E-state index in [0.29, 0.717) is 0 Å². The van der Waals surface area contributed by atoms with Crippen LogP contribution in [0.3, 0.4) is 0 Å². The number of nitrogens with one attached hydrogen (secondary N) is 3. The molecule has 0 aromatic heterocycles. The van der Waals surface area contributed by atoms with Gasteiger partial charge in [0.05, 0.1) is 6.54 Å². The van der Waals surface area contributed by atoms with Gasteiger partial charge in [0.15, 0.2) is 0 Å². The average molecular weight is 427 g/mol. The Hall–Kier alpha value is -3.88. The third-order valence-electron chi connectivity index (χ3n) is 4.01. The number of benzene rings is 2. The lowest BCUT2D eigenvalue weighted by molar-refractivity contribution is -0.148. The van der Waals surface area contributed by atoms with Gasteiger partial charge in [-0.15, -0.1) is 0 Å². The van der Waals surface area contributed by atoms with E-state index in [1.54, 1.807) is 12.1 Å². The van der Waals surface area contributed by atoms with Gasteiger partial charge in [0.25, 0.3) is 0 Å². The molecule has 0 saturated heterocycles. The number of hydrogen-bond donors (Lipinski definition) is 3. The fourth-order valence-electron chi connectivity index (χ4n) is 2.37. The van der Waals surface area contributed by atoms with Gasteiger partial charge in [-0.2, -0.15) is 0 Å². The Kier molecular flexibility index (Phi) is 9.54. The first-order valence-electron chi connectivity index (χ1n) is 9.65. The van der Waals surface area contributed by atoms with Gasteiger partial charge >= 0.3 is 12.1 Å². The Labute approximate surface area is 180 Å². The lowest BCUT2D eigenvalue weighted by atomic mass is 10.2. The zero-order chi connectivity index (χ0) is 22.5. The predicted octanol–water partition coefficient (Wildman–Crippen LogP) is 1.28. The van der Waals surface area contributed by atoms with Crippen LogP contribution < -0.4 is 16.0 Å². The standard InChI is InChI=1S/C22H25N3O6/c1-16(21(28)30-14-17-8-4-2-5-9-17)25-20(27)13-23-19(26)12-24-22(29)31-15-18-10-6-3-7-11-18/h2-11,16H,12-15H2,1H3,(H,23,26)(H,24,29)(H,25,27)/t16-/m1/s1. The van der Waals surface area contributed by atoms with E-state index in [9.17, 15) is 19.2 Å². The molecule has 0 aliphatic heterocycles. The third kappa shape index (κ3) is 9.44. The van der Waals surface area contributed by atoms with Gasteiger partial charge in [-0.1, -0.05) is 60.7 Å². The molecule has 0 bridgehead atoms. The van der Waals surface area contributed by atoms with Gasteiger partial charge in [0.2, 0.25) is 11.8 Å². The molecule has 0 unspecified atom stereocenters. The summed E-state index contributed by atoms with van der Waals surface area (Å²) in [6.07, 6.45) is -0.752. The van der Waals surface area contributed by atoms with Crippen molar-refractivity contribution in [2.75, 3.05) is 13.1 Å². The van der Waals surface area contributed by atoms with Gasteiger partial charge in [-0.05, 0) is 18.1 Å². The summed E-state index contributed by atoms with van der Waals surface area (Å²) in [5.74, 6) is -1.73. The first-order valence-corrected chi connectivity index (χ1v) is 9.65. The second-order valence-corrected chi connectivity index (χ2v) is 6.57. The summed E-state index contributed by atoms with van der Waals surface area (Å²) in [6, 6.07) is 17.4. The maximum atomic E-state index is 11.9. The highest BCUT2D eigenvalue weighted by Crippen LogP contribution is 2.02. The minimum Gasteiger partial charge on any atom is -0.459 e. The molecule has 0 spiro atoms. The summed E-state index contributed by atoms with van der Waals surface area (Å²) < 4.78 is 10.1. The van der Waals surface area contributed by atoms with Crippen LogP contribution >= 0.6 is 0 Å². The third-order valence-corrected chi connectivity index (χ3v) is 4.01. The Balaban J connectivity index is 1.58. The Morgan fingerprint density at radius 2 is 1.26 bits per heavy atom. The van der Waals surface area contributed by atoms with Crippen molar-refractivity contribution >= 4 is 23.9 Å². The molecular weight excluding hydrogens is 402 g/mol. The van der Waals surface area contributed by atoms with E-state index in [1.807, 2.05) is 48.5 Å². The molecule has 3 amide bonds. The van der Waals surface area contributed by atoms with E-state index >= 15 is 0 Å². The van der Waals surface area contributed by atoms with Gasteiger partial charge in [0, 0.05) is 0 Å². The minimum atomic E-state index is -0.876. The Morgan fingerprint density at radius 3 is 1.84 bits per heavy atom. The van der Waals surface area contributed by atoms with E-state index in [-0.39, 0.29) is 26.3 Å². The number of esters is 1. The first-order chi connectivity index (χ1) is 14.9. The molecule has 0 fully saturated rings. The predicted molar refractivity (Wildman–Crippen MR) is 111 cm³/mol. The highest BCUT2D eigenvalue weighted by atomic mass is 16.5. The highest BCUT2D eigenvalue weighted by Gasteiger charge is 2.17. The number of carbonyl (C=O) groups is 4. The quantitative estimate of drug-likeness (QED) is 0.491. The molecule has 2 aromatic rings. The summed E-state index contributed by atoms with van der Waals surface area (Å²) in [7, 11) is 0. The van der Waals surface area contributed by atoms with Gasteiger partial charge in [-0.3, -0.25) is 9.59 Å². The van der Waals surface area contributed by atoms with Crippen molar-refractivity contribution in [1.29, 1.82) is 0 Å². The topological polar surface area (TPSA) is 123 Å². The summed E-state index contributed by atoms with van der Waals surface area (Å²) in [6.45, 7) is 0.959. The molecule has 0 heterocycles. The van der Waals surface area contributed by atoms with Crippen LogP contribution in [0, 0.1) is 0 Å². The van der Waals surface area contributed by atoms with Crippen molar-refractivity contribution in [2.45, 2.75) is 26.2 Å². The van der Waals surface area contributed by atoms with Crippen LogP contribution in [0.4, 0.5) is 4.79 Å². The smallest absolute Gasteiger partial charge is 0.407 e. The van der Waals surface area contributed by atoms with Crippen molar-refractivity contribution in [2.24, 2.45) is 0 Å². The van der Waals surface area contributed by atoms with Crippen LogP contribution in [0.25, 0.3) is 0 Å². The van der Waals surface area contributed by atoms with Gasteiger partial charge in [0.1, 0.15) is 25.8 Å². The average Bonchev–Trinajstić information content (AvgIpc) is 2.79. The van der Waals surface area contributed by atoms with Gasteiger partial charge < -0.3 is 25.4 Å². The van der Waals surface area contributed by atoms with Crippen molar-refractivity contribution in [3.8, 4) is 0 Å². The summed E-state index contributed by atoms with van der Waals surface area (Å²) >= 11 is 0. The summed E-state index contributed by atoms with van der Waals surface area (Å²) in [4.78, 5) is 47.2. The number of rotatable bonds is 10. The number of carbonyl (C=O) groups excluding carboxylic acids is 4. The Morgan fingerprint density at radius 1 is 0.742 bits per heavy atom. The fraction of sp³-hybridized carbons (Fsp3) is 0.273. The molecule has 0 saturated carbocycles. The molecule has 164 valence electrons. The number of alkyl carbamates (subject to hydrolysis) is 1. The first kappa shape index (κ1) is 23.4. The van der Waals surface area contributed by atoms with Gasteiger partial charge in [-0.25, -0.2) is 9.59 Å². The summed E-state index contributed by atoms with van der Waals surface area (Å²) in [5.41, 5.74) is 1.65. The second-order valence-electron chi connectivity index (χ2n) is 6.57. The number of amides is 3. The normalized spacial score (nSPS) is 11.0. The molecule has 2 rings (SSSR count). The van der Waals surface area contributed by atoms with Crippen LogP contribution in [0.5, 0.6) is 0 Å². The van der Waals surface area contributed by atoms with Crippen molar-refractivity contribution in [1.82, 2.24) is 16.0 Å². The molecule has 9 nitrogen and oxygen atoms in total. The van der Waals surface area contributed by atoms with E-state index in [1.165, 1.54) is 6.92 Å². The second kappa shape index (κ2) is 12.6. The zero-order valence-corrected chi connectivity index (χ0v) is 17.1. The summed E-state index contributed by atoms with van der Waals surface area (Å²) in [5, 5.41) is 7.06. The van der Waals surface area contributed by atoms with Crippen LogP contribution in [0.2, 0.25) is 0 Å². The number of hydrogen-bond acceptors (Lipinski definition) is 6. The molecule has 0 radical (unpaired) electrons. The molecule has 1 atom stereocenters. The van der Waals surface area contributed by atoms with Crippen LogP contribution in [0.15, 0.2) is 60.7 Å². The Bertz CT molecular complexity index is 873. The lowest BCUT2D eigenvalue weighted by Gasteiger charge is -2.14. The molecule has 0 aliphatic carbocycles. The van der Waals surface area contributed by atoms with Crippen LogP contribution in [-0.2, 0) is 37.1 Å². The highest BCUT2D eigenvalue weighted by molar-refractivity contribution is 5.89. The maximum absolute atomic E-state index is 11.9. The fourth-order valence-corrected chi connectivity index (χ4v) is 2.37. The van der Waals surface area contributed by atoms with E-state index < -0.39 is 29.9 Å². The molecular formula is C22H25N3O6. The largest absolute Gasteiger partial charge is 0.459 e. The SMILES string of the molecule is C[C@@H](NC(=O)CNC(=O)CNC(=O)OCc1ccccc1)C(=O)OCc1ccccc1. The molecule has 2 aromatic carbocycles. The minimum absolute atomic E-state index is 0.0783. The zero-order valence-electron chi connectivity index (χ0n) is 17.1. The van der Waals surface area contributed by atoms with E-state index in [2.05, 4.69) is 16.0 Å². The monoisotopic (exact) mass is 427 g/mol. The molecule has 9 heteroatoms. The van der Waals surface area contributed by atoms with Crippen LogP contribution in [-0.4, -0.2) is 43.0 Å². The van der Waals surface area contributed by atoms with E-state index in [0.717, 1.165) is 11.1 Å². The van der Waals surface area contributed by atoms with Crippen molar-refractivity contribution in [3.63, 3.8) is 0 Å². The van der Waals surface area contributed by atoms with Crippen molar-refractivity contribution in [3.05, 3.63) is 71.8 Å². The van der Waals surface area contributed by atoms with Crippen molar-refractivity contribution < 1.29 is 28.7 Å². The number of ether oxygens (including phenoxy) is 2. The molecule has 31 heavy (non-hydrogen) atoms. The lowest BCUT2D eigenvalue weighted by Crippen LogP contribution is -2.46. The molecule has 0 aliphatic rings. The molecule has 3 N–H and O–H groups in total. The van der Waals surface area contributed by atoms with Crippen LogP contribution in [0.1, 0.15) is 18.1 Å². The maximum Gasteiger partial charge on any atom is 0.407 e. The van der Waals surface area contributed by atoms with E-state index in [4.69, 9.17) is 9.47 Å².